The molecule has 1 heterocycles. The van der Waals surface area contributed by atoms with E-state index >= 15 is 0 Å². The maximum Gasteiger partial charge on any atom is 0.233 e. The molecule has 0 saturated heterocycles. The van der Waals surface area contributed by atoms with Crippen molar-refractivity contribution in [1.29, 1.82) is 0 Å². The van der Waals surface area contributed by atoms with Crippen LogP contribution >= 0.6 is 0 Å². The van der Waals surface area contributed by atoms with Gasteiger partial charge in [-0.2, -0.15) is 0 Å². The Morgan fingerprint density at radius 2 is 1.77 bits per heavy atom. The molecule has 2 rings (SSSR count). The maximum atomic E-state index is 10.3. The molecule has 5 N–H and O–H groups in total. The minimum atomic E-state index is -0.717. The Balaban J connectivity index is 1.74. The highest BCUT2D eigenvalue weighted by atomic mass is 16.5. The maximum absolute atomic E-state index is 10.3. The Morgan fingerprint density at radius 3 is 2.40 bits per heavy atom. The second kappa shape index (κ2) is 12.1. The number of nitrogens with one attached hydrogen (secondary N) is 2. The zero-order valence-electron chi connectivity index (χ0n) is 17.6. The van der Waals surface area contributed by atoms with Crippen molar-refractivity contribution in [2.45, 2.75) is 25.5 Å². The SMILES string of the molecule is COCCOc1ccccc1OCC(O)CNC(C)(C)COc1ccc(NN)nn1. The van der Waals surface area contributed by atoms with Crippen LogP contribution in [0.25, 0.3) is 0 Å². The Morgan fingerprint density at radius 1 is 1.03 bits per heavy atom. The number of benzene rings is 1. The van der Waals surface area contributed by atoms with E-state index in [0.29, 0.717) is 49.6 Å². The van der Waals surface area contributed by atoms with Gasteiger partial charge >= 0.3 is 0 Å². The van der Waals surface area contributed by atoms with Crippen LogP contribution < -0.4 is 30.8 Å². The molecule has 0 aliphatic heterocycles. The van der Waals surface area contributed by atoms with Gasteiger partial charge in [-0.3, -0.25) is 0 Å². The molecule has 0 bridgehead atoms. The number of methoxy groups -OCH3 is 1. The zero-order valence-corrected chi connectivity index (χ0v) is 17.6. The van der Waals surface area contributed by atoms with E-state index in [9.17, 15) is 5.11 Å². The smallest absolute Gasteiger partial charge is 0.233 e. The van der Waals surface area contributed by atoms with Crippen molar-refractivity contribution in [2.75, 3.05) is 45.5 Å². The van der Waals surface area contributed by atoms with Crippen LogP contribution in [0.15, 0.2) is 36.4 Å². The number of aromatic nitrogens is 2. The predicted molar refractivity (Wildman–Crippen MR) is 113 cm³/mol. The molecule has 0 aliphatic carbocycles. The van der Waals surface area contributed by atoms with Crippen LogP contribution in [0.2, 0.25) is 0 Å². The van der Waals surface area contributed by atoms with Gasteiger partial charge in [-0.15, -0.1) is 10.2 Å². The van der Waals surface area contributed by atoms with Crippen molar-refractivity contribution in [3.05, 3.63) is 36.4 Å². The van der Waals surface area contributed by atoms with Crippen molar-refractivity contribution >= 4 is 5.82 Å². The normalized spacial score (nSPS) is 12.3. The number of rotatable bonds is 14. The fourth-order valence-corrected chi connectivity index (χ4v) is 2.34. The Labute approximate surface area is 176 Å². The topological polar surface area (TPSA) is 133 Å². The first-order valence-corrected chi connectivity index (χ1v) is 9.63. The lowest BCUT2D eigenvalue weighted by Gasteiger charge is -2.27. The van der Waals surface area contributed by atoms with E-state index in [2.05, 4.69) is 20.9 Å². The second-order valence-corrected chi connectivity index (χ2v) is 7.21. The molecule has 10 nitrogen and oxygen atoms in total. The minimum Gasteiger partial charge on any atom is -0.487 e. The monoisotopic (exact) mass is 421 g/mol. The Kier molecular flexibility index (Phi) is 9.55. The molecule has 0 saturated carbocycles. The van der Waals surface area contributed by atoms with Crippen LogP contribution in [0.1, 0.15) is 13.8 Å². The van der Waals surface area contributed by atoms with Crippen LogP contribution in [-0.2, 0) is 4.74 Å². The minimum absolute atomic E-state index is 0.119. The largest absolute Gasteiger partial charge is 0.487 e. The molecule has 1 unspecified atom stereocenters. The average molecular weight is 421 g/mol. The van der Waals surface area contributed by atoms with Gasteiger partial charge in [-0.1, -0.05) is 12.1 Å². The van der Waals surface area contributed by atoms with Gasteiger partial charge in [0, 0.05) is 25.3 Å². The Hall–Kier alpha value is -2.66. The third-order valence-electron chi connectivity index (χ3n) is 4.01. The van der Waals surface area contributed by atoms with Crippen LogP contribution in [0.4, 0.5) is 5.82 Å². The molecule has 2 aromatic rings. The van der Waals surface area contributed by atoms with E-state index in [-0.39, 0.29) is 6.61 Å². The summed E-state index contributed by atoms with van der Waals surface area (Å²) in [5.74, 6) is 7.28. The third kappa shape index (κ3) is 8.37. The van der Waals surface area contributed by atoms with Gasteiger partial charge in [-0.05, 0) is 32.0 Å². The lowest BCUT2D eigenvalue weighted by Crippen LogP contribution is -2.48. The quantitative estimate of drug-likeness (QED) is 0.199. The average Bonchev–Trinajstić information content (AvgIpc) is 2.76. The highest BCUT2D eigenvalue weighted by Crippen LogP contribution is 2.26. The summed E-state index contributed by atoms with van der Waals surface area (Å²) in [5.41, 5.74) is 2.00. The van der Waals surface area contributed by atoms with E-state index in [1.807, 2.05) is 32.0 Å². The van der Waals surface area contributed by atoms with Crippen LogP contribution in [-0.4, -0.2) is 67.0 Å². The zero-order chi connectivity index (χ0) is 21.8. The first-order valence-electron chi connectivity index (χ1n) is 9.63. The summed E-state index contributed by atoms with van der Waals surface area (Å²) in [4.78, 5) is 0. The molecular formula is C20H31N5O5. The van der Waals surface area contributed by atoms with Crippen molar-refractivity contribution in [3.63, 3.8) is 0 Å². The summed E-state index contributed by atoms with van der Waals surface area (Å²) in [6, 6.07) is 10.7. The van der Waals surface area contributed by atoms with Crippen molar-refractivity contribution in [3.8, 4) is 17.4 Å². The fourth-order valence-electron chi connectivity index (χ4n) is 2.34. The van der Waals surface area contributed by atoms with Crippen LogP contribution in [0.5, 0.6) is 17.4 Å². The van der Waals surface area contributed by atoms with Gasteiger partial charge in [0.2, 0.25) is 5.88 Å². The highest BCUT2D eigenvalue weighted by molar-refractivity contribution is 5.39. The number of nitrogens with zero attached hydrogens (tertiary/aromatic N) is 2. The number of hydrazine groups is 1. The highest BCUT2D eigenvalue weighted by Gasteiger charge is 2.20. The standard InChI is InChI=1S/C20H31N5O5/c1-20(2,14-30-19-9-8-18(23-21)24-25-19)22-12-15(26)13-29-17-7-5-4-6-16(17)28-11-10-27-3/h4-9,15,22,26H,10-14,21H2,1-3H3,(H,23,24). The van der Waals surface area contributed by atoms with Crippen LogP contribution in [0.3, 0.4) is 0 Å². The molecule has 10 heteroatoms. The van der Waals surface area contributed by atoms with Gasteiger partial charge in [-0.25, -0.2) is 5.84 Å². The summed E-state index contributed by atoms with van der Waals surface area (Å²) in [7, 11) is 1.62. The molecule has 1 aromatic carbocycles. The van der Waals surface area contributed by atoms with Gasteiger partial charge < -0.3 is 34.8 Å². The molecule has 166 valence electrons. The Bertz CT molecular complexity index is 745. The second-order valence-electron chi connectivity index (χ2n) is 7.21. The van der Waals surface area contributed by atoms with Crippen molar-refractivity contribution in [2.24, 2.45) is 5.84 Å². The number of hydrogen-bond donors (Lipinski definition) is 4. The lowest BCUT2D eigenvalue weighted by molar-refractivity contribution is 0.0892. The molecule has 0 aliphatic rings. The molecule has 1 aromatic heterocycles. The first-order chi connectivity index (χ1) is 14.4. The molecule has 0 radical (unpaired) electrons. The molecule has 0 spiro atoms. The fraction of sp³-hybridized carbons (Fsp3) is 0.500. The number of anilines is 1. The molecular weight excluding hydrogens is 390 g/mol. The number of β-amino-alcohol motifs (C(OH)–C–C–N with tert-alkyl or cyclic N) is 1. The third-order valence-corrected chi connectivity index (χ3v) is 4.01. The van der Waals surface area contributed by atoms with E-state index in [1.54, 1.807) is 25.3 Å². The van der Waals surface area contributed by atoms with E-state index in [0.717, 1.165) is 0 Å². The van der Waals surface area contributed by atoms with Crippen LogP contribution in [0, 0.1) is 0 Å². The van der Waals surface area contributed by atoms with E-state index < -0.39 is 11.6 Å². The van der Waals surface area contributed by atoms with Crippen molar-refractivity contribution in [1.82, 2.24) is 15.5 Å². The number of aliphatic hydroxyl groups excluding tert-OH is 1. The van der Waals surface area contributed by atoms with Gasteiger partial charge in [0.1, 0.15) is 25.9 Å². The summed E-state index contributed by atoms with van der Waals surface area (Å²) >= 11 is 0. The van der Waals surface area contributed by atoms with E-state index in [1.165, 1.54) is 0 Å². The summed E-state index contributed by atoms with van der Waals surface area (Å²) in [5, 5.41) is 21.3. The van der Waals surface area contributed by atoms with Gasteiger partial charge in [0.15, 0.2) is 17.3 Å². The first kappa shape index (κ1) is 23.6. The van der Waals surface area contributed by atoms with Gasteiger partial charge in [0.25, 0.3) is 0 Å². The molecule has 0 fully saturated rings. The molecule has 1 atom stereocenters. The predicted octanol–water partition coefficient (Wildman–Crippen LogP) is 0.974. The number of nitrogens with two attached hydrogens (primary N) is 1. The molecule has 30 heavy (non-hydrogen) atoms. The number of hydrogen-bond acceptors (Lipinski definition) is 10. The number of ether oxygens (including phenoxy) is 4. The summed E-state index contributed by atoms with van der Waals surface area (Å²) in [6.45, 7) is 5.60. The number of nitrogen functional groups attached to an aromatic ring is 1. The van der Waals surface area contributed by atoms with E-state index in [4.69, 9.17) is 24.8 Å². The summed E-state index contributed by atoms with van der Waals surface area (Å²) < 4.78 is 22.0. The summed E-state index contributed by atoms with van der Waals surface area (Å²) in [6.07, 6.45) is -0.717. The number of para-hydroxylation sites is 2. The number of aliphatic hydroxyl groups is 1. The lowest BCUT2D eigenvalue weighted by atomic mass is 10.1. The molecule has 0 amide bonds. The van der Waals surface area contributed by atoms with Gasteiger partial charge in [0.05, 0.1) is 6.61 Å². The van der Waals surface area contributed by atoms with Crippen molar-refractivity contribution < 1.29 is 24.1 Å².